The van der Waals surface area contributed by atoms with Crippen LogP contribution in [-0.2, 0) is 6.42 Å². The molecule has 1 N–H and O–H groups in total. The van der Waals surface area contributed by atoms with Gasteiger partial charge in [0.25, 0.3) is 0 Å². The zero-order chi connectivity index (χ0) is 13.1. The standard InChI is InChI=1S/C16H24N2S/c1-2-18(14-7-9-17-10-8-14)12-15-11-13-5-3-4-6-16(13)19-15/h3-6,14-15,17H,2,7-12H2,1H3. The zero-order valence-corrected chi connectivity index (χ0v) is 12.6. The van der Waals surface area contributed by atoms with E-state index in [0.717, 1.165) is 11.3 Å². The smallest absolute Gasteiger partial charge is 0.0263 e. The number of hydrogen-bond acceptors (Lipinski definition) is 3. The van der Waals surface area contributed by atoms with Crippen molar-refractivity contribution in [2.75, 3.05) is 26.2 Å². The van der Waals surface area contributed by atoms with Crippen molar-refractivity contribution in [1.29, 1.82) is 0 Å². The van der Waals surface area contributed by atoms with E-state index in [-0.39, 0.29) is 0 Å². The van der Waals surface area contributed by atoms with Gasteiger partial charge < -0.3 is 5.32 Å². The summed E-state index contributed by atoms with van der Waals surface area (Å²) < 4.78 is 0. The fraction of sp³-hybridized carbons (Fsp3) is 0.625. The topological polar surface area (TPSA) is 15.3 Å². The highest BCUT2D eigenvalue weighted by molar-refractivity contribution is 8.00. The molecular formula is C16H24N2S. The van der Waals surface area contributed by atoms with Gasteiger partial charge in [-0.25, -0.2) is 0 Å². The van der Waals surface area contributed by atoms with E-state index in [9.17, 15) is 0 Å². The highest BCUT2D eigenvalue weighted by Gasteiger charge is 2.27. The molecule has 1 saturated heterocycles. The van der Waals surface area contributed by atoms with Gasteiger partial charge in [-0.15, -0.1) is 11.8 Å². The first-order chi connectivity index (χ1) is 9.36. The molecule has 0 radical (unpaired) electrons. The average molecular weight is 276 g/mol. The van der Waals surface area contributed by atoms with Crippen LogP contribution in [-0.4, -0.2) is 42.4 Å². The number of nitrogens with zero attached hydrogens (tertiary/aromatic N) is 1. The summed E-state index contributed by atoms with van der Waals surface area (Å²) in [4.78, 5) is 4.22. The van der Waals surface area contributed by atoms with E-state index < -0.39 is 0 Å². The first-order valence-corrected chi connectivity index (χ1v) is 8.44. The third-order valence-corrected chi connectivity index (χ3v) is 5.68. The Hall–Kier alpha value is -0.510. The Kier molecular flexibility index (Phi) is 4.46. The molecule has 3 heteroatoms. The molecule has 1 atom stereocenters. The van der Waals surface area contributed by atoms with Gasteiger partial charge in [-0.1, -0.05) is 25.1 Å². The van der Waals surface area contributed by atoms with Crippen LogP contribution in [0.3, 0.4) is 0 Å². The maximum atomic E-state index is 3.47. The molecule has 2 aliphatic rings. The van der Waals surface area contributed by atoms with Crippen LogP contribution >= 0.6 is 11.8 Å². The van der Waals surface area contributed by atoms with E-state index in [2.05, 4.69) is 53.2 Å². The number of fused-ring (bicyclic) bond motifs is 1. The average Bonchev–Trinajstić information content (AvgIpc) is 2.88. The fourth-order valence-electron chi connectivity index (χ4n) is 3.33. The maximum Gasteiger partial charge on any atom is 0.0263 e. The van der Waals surface area contributed by atoms with Crippen LogP contribution in [0.5, 0.6) is 0 Å². The lowest BCUT2D eigenvalue weighted by atomic mass is 10.0. The van der Waals surface area contributed by atoms with E-state index in [4.69, 9.17) is 0 Å². The number of nitrogens with one attached hydrogen (secondary N) is 1. The molecule has 0 aliphatic carbocycles. The van der Waals surface area contributed by atoms with Crippen LogP contribution in [0.2, 0.25) is 0 Å². The lowest BCUT2D eigenvalue weighted by Gasteiger charge is -2.35. The summed E-state index contributed by atoms with van der Waals surface area (Å²) in [6, 6.07) is 9.71. The second-order valence-corrected chi connectivity index (χ2v) is 6.96. The van der Waals surface area contributed by atoms with Gasteiger partial charge in [-0.05, 0) is 50.5 Å². The van der Waals surface area contributed by atoms with Gasteiger partial charge in [0.2, 0.25) is 0 Å². The number of hydrogen-bond donors (Lipinski definition) is 1. The minimum atomic E-state index is 0.757. The van der Waals surface area contributed by atoms with Gasteiger partial charge in [0, 0.05) is 22.7 Å². The summed E-state index contributed by atoms with van der Waals surface area (Å²) in [6.45, 7) is 7.14. The number of rotatable bonds is 4. The Morgan fingerprint density at radius 2 is 2.05 bits per heavy atom. The number of benzene rings is 1. The normalized spacial score (nSPS) is 23.8. The minimum Gasteiger partial charge on any atom is -0.317 e. The van der Waals surface area contributed by atoms with Gasteiger partial charge in [-0.2, -0.15) is 0 Å². The van der Waals surface area contributed by atoms with Gasteiger partial charge in [0.1, 0.15) is 0 Å². The molecule has 1 fully saturated rings. The molecule has 2 nitrogen and oxygen atoms in total. The van der Waals surface area contributed by atoms with E-state index in [0.29, 0.717) is 0 Å². The van der Waals surface area contributed by atoms with E-state index in [1.54, 1.807) is 5.56 Å². The van der Waals surface area contributed by atoms with Crippen molar-refractivity contribution in [2.24, 2.45) is 0 Å². The molecule has 19 heavy (non-hydrogen) atoms. The summed E-state index contributed by atoms with van der Waals surface area (Å²) in [5.41, 5.74) is 1.55. The second kappa shape index (κ2) is 6.29. The van der Waals surface area contributed by atoms with Crippen molar-refractivity contribution >= 4 is 11.8 Å². The predicted octanol–water partition coefficient (Wildman–Crippen LogP) is 2.78. The van der Waals surface area contributed by atoms with E-state index in [1.165, 1.54) is 50.3 Å². The van der Waals surface area contributed by atoms with Crippen LogP contribution in [0.15, 0.2) is 29.2 Å². The van der Waals surface area contributed by atoms with Crippen LogP contribution in [0.4, 0.5) is 0 Å². The molecule has 0 amide bonds. The molecule has 0 saturated carbocycles. The molecule has 1 aromatic carbocycles. The molecule has 3 rings (SSSR count). The van der Waals surface area contributed by atoms with Gasteiger partial charge in [0.15, 0.2) is 0 Å². The SMILES string of the molecule is CCN(CC1Cc2ccccc2S1)C1CCNCC1. The van der Waals surface area contributed by atoms with Crippen molar-refractivity contribution in [3.05, 3.63) is 29.8 Å². The quantitative estimate of drug-likeness (QED) is 0.910. The highest BCUT2D eigenvalue weighted by atomic mass is 32.2. The zero-order valence-electron chi connectivity index (χ0n) is 11.8. The van der Waals surface area contributed by atoms with Crippen LogP contribution in [0, 0.1) is 0 Å². The molecular weight excluding hydrogens is 252 g/mol. The summed E-state index contributed by atoms with van der Waals surface area (Å²) >= 11 is 2.09. The first-order valence-electron chi connectivity index (χ1n) is 7.56. The molecule has 2 aliphatic heterocycles. The lowest BCUT2D eigenvalue weighted by Crippen LogP contribution is -2.45. The summed E-state index contributed by atoms with van der Waals surface area (Å²) in [5, 5.41) is 4.23. The van der Waals surface area contributed by atoms with Crippen LogP contribution in [0.1, 0.15) is 25.3 Å². The monoisotopic (exact) mass is 276 g/mol. The van der Waals surface area contributed by atoms with Crippen molar-refractivity contribution < 1.29 is 0 Å². The molecule has 0 bridgehead atoms. The van der Waals surface area contributed by atoms with Crippen molar-refractivity contribution in [3.8, 4) is 0 Å². The van der Waals surface area contributed by atoms with Gasteiger partial charge >= 0.3 is 0 Å². The molecule has 1 unspecified atom stereocenters. The van der Waals surface area contributed by atoms with Gasteiger partial charge in [0.05, 0.1) is 0 Å². The van der Waals surface area contributed by atoms with Crippen LogP contribution < -0.4 is 5.32 Å². The molecule has 0 spiro atoms. The number of thioether (sulfide) groups is 1. The van der Waals surface area contributed by atoms with Gasteiger partial charge in [-0.3, -0.25) is 4.90 Å². The minimum absolute atomic E-state index is 0.757. The van der Waals surface area contributed by atoms with Crippen molar-refractivity contribution in [2.45, 2.75) is 42.4 Å². The number of piperidine rings is 1. The Morgan fingerprint density at radius 3 is 2.79 bits per heavy atom. The lowest BCUT2D eigenvalue weighted by molar-refractivity contribution is 0.171. The largest absolute Gasteiger partial charge is 0.317 e. The Morgan fingerprint density at radius 1 is 1.26 bits per heavy atom. The first kappa shape index (κ1) is 13.5. The Bertz CT molecular complexity index is 390. The van der Waals surface area contributed by atoms with Crippen molar-refractivity contribution in [3.63, 3.8) is 0 Å². The second-order valence-electron chi connectivity index (χ2n) is 5.62. The molecule has 104 valence electrons. The third-order valence-electron chi connectivity index (χ3n) is 4.38. The highest BCUT2D eigenvalue weighted by Crippen LogP contribution is 2.37. The third kappa shape index (κ3) is 3.15. The Labute approximate surface area is 121 Å². The molecule has 2 heterocycles. The summed E-state index contributed by atoms with van der Waals surface area (Å²) in [6.07, 6.45) is 3.89. The van der Waals surface area contributed by atoms with Crippen molar-refractivity contribution in [1.82, 2.24) is 10.2 Å². The summed E-state index contributed by atoms with van der Waals surface area (Å²) in [7, 11) is 0. The predicted molar refractivity (Wildman–Crippen MR) is 82.9 cm³/mol. The fourth-order valence-corrected chi connectivity index (χ4v) is 4.67. The van der Waals surface area contributed by atoms with E-state index in [1.807, 2.05) is 0 Å². The van der Waals surface area contributed by atoms with E-state index >= 15 is 0 Å². The Balaban J connectivity index is 1.59. The summed E-state index contributed by atoms with van der Waals surface area (Å²) in [5.74, 6) is 0. The maximum absolute atomic E-state index is 3.47. The van der Waals surface area contributed by atoms with Crippen LogP contribution in [0.25, 0.3) is 0 Å². The molecule has 0 aromatic heterocycles. The molecule has 1 aromatic rings.